The number of benzene rings is 1. The summed E-state index contributed by atoms with van der Waals surface area (Å²) in [6.45, 7) is 3.63. The molecule has 1 aromatic heterocycles. The maximum Gasteiger partial charge on any atom is 0.358 e. The highest BCUT2D eigenvalue weighted by Gasteiger charge is 2.19. The minimum Gasteiger partial charge on any atom is -0.476 e. The lowest BCUT2D eigenvalue weighted by Crippen LogP contribution is -2.31. The summed E-state index contributed by atoms with van der Waals surface area (Å²) < 4.78 is 1.33. The van der Waals surface area contributed by atoms with Crippen LogP contribution in [0.2, 0.25) is 0 Å². The number of carboxylic acids is 1. The van der Waals surface area contributed by atoms with Crippen LogP contribution in [0, 0.1) is 0 Å². The van der Waals surface area contributed by atoms with Crippen molar-refractivity contribution in [2.75, 3.05) is 0 Å². The van der Waals surface area contributed by atoms with Crippen molar-refractivity contribution in [2.24, 2.45) is 0 Å². The standard InChI is InChI=1S/C15H18N4O3/c1-3-12-14(15(21)22)17-18-19(12)9-13(20)16-10(2)11-7-5-4-6-8-11/h4-8,10H,3,9H2,1-2H3,(H,16,20)(H,21,22). The summed E-state index contributed by atoms with van der Waals surface area (Å²) in [6, 6.07) is 9.45. The molecule has 22 heavy (non-hydrogen) atoms. The number of nitrogens with one attached hydrogen (secondary N) is 1. The lowest BCUT2D eigenvalue weighted by Gasteiger charge is -2.14. The average molecular weight is 302 g/mol. The topological polar surface area (TPSA) is 97.1 Å². The number of hydrogen-bond acceptors (Lipinski definition) is 4. The van der Waals surface area contributed by atoms with Gasteiger partial charge in [0.25, 0.3) is 0 Å². The summed E-state index contributed by atoms with van der Waals surface area (Å²) in [5.74, 6) is -1.38. The van der Waals surface area contributed by atoms with Gasteiger partial charge < -0.3 is 10.4 Å². The van der Waals surface area contributed by atoms with Gasteiger partial charge in [-0.3, -0.25) is 4.79 Å². The molecule has 0 aliphatic heterocycles. The van der Waals surface area contributed by atoms with E-state index in [2.05, 4.69) is 15.6 Å². The fourth-order valence-corrected chi connectivity index (χ4v) is 2.22. The predicted molar refractivity (Wildman–Crippen MR) is 79.4 cm³/mol. The number of carboxylic acid groups (broad SMARTS) is 1. The smallest absolute Gasteiger partial charge is 0.358 e. The van der Waals surface area contributed by atoms with E-state index in [4.69, 9.17) is 5.11 Å². The van der Waals surface area contributed by atoms with Crippen LogP contribution in [-0.2, 0) is 17.8 Å². The maximum absolute atomic E-state index is 12.1. The molecular weight excluding hydrogens is 284 g/mol. The Balaban J connectivity index is 2.05. The average Bonchev–Trinajstić information content (AvgIpc) is 2.90. The van der Waals surface area contributed by atoms with E-state index in [9.17, 15) is 9.59 Å². The van der Waals surface area contributed by atoms with Crippen LogP contribution in [0.25, 0.3) is 0 Å². The first-order valence-electron chi connectivity index (χ1n) is 7.02. The molecule has 0 fully saturated rings. The zero-order chi connectivity index (χ0) is 16.1. The first kappa shape index (κ1) is 15.7. The second kappa shape index (κ2) is 6.84. The Hall–Kier alpha value is -2.70. The molecule has 7 heteroatoms. The number of amides is 1. The molecule has 0 bridgehead atoms. The zero-order valence-electron chi connectivity index (χ0n) is 12.5. The molecule has 0 saturated heterocycles. The molecule has 1 atom stereocenters. The molecule has 116 valence electrons. The van der Waals surface area contributed by atoms with Gasteiger partial charge in [-0.2, -0.15) is 0 Å². The molecule has 1 aromatic carbocycles. The summed E-state index contributed by atoms with van der Waals surface area (Å²) in [7, 11) is 0. The van der Waals surface area contributed by atoms with Crippen LogP contribution in [0.1, 0.15) is 41.6 Å². The highest BCUT2D eigenvalue weighted by Crippen LogP contribution is 2.11. The fourth-order valence-electron chi connectivity index (χ4n) is 2.22. The second-order valence-corrected chi connectivity index (χ2v) is 4.90. The van der Waals surface area contributed by atoms with E-state index in [1.807, 2.05) is 37.3 Å². The Morgan fingerprint density at radius 2 is 2.00 bits per heavy atom. The largest absolute Gasteiger partial charge is 0.476 e. The third-order valence-electron chi connectivity index (χ3n) is 3.35. The van der Waals surface area contributed by atoms with Crippen molar-refractivity contribution in [1.29, 1.82) is 0 Å². The number of carbonyl (C=O) groups excluding carboxylic acids is 1. The van der Waals surface area contributed by atoms with Gasteiger partial charge in [-0.1, -0.05) is 42.5 Å². The van der Waals surface area contributed by atoms with Gasteiger partial charge >= 0.3 is 5.97 Å². The van der Waals surface area contributed by atoms with Gasteiger partial charge in [0, 0.05) is 0 Å². The molecule has 2 N–H and O–H groups in total. The zero-order valence-corrected chi connectivity index (χ0v) is 12.5. The molecule has 0 aliphatic carbocycles. The van der Waals surface area contributed by atoms with Gasteiger partial charge in [0.05, 0.1) is 11.7 Å². The minimum atomic E-state index is -1.14. The molecule has 1 amide bonds. The Kier molecular flexibility index (Phi) is 4.88. The summed E-state index contributed by atoms with van der Waals surface area (Å²) in [6.07, 6.45) is 0.441. The molecule has 0 spiro atoms. The van der Waals surface area contributed by atoms with Crippen LogP contribution >= 0.6 is 0 Å². The molecule has 1 heterocycles. The maximum atomic E-state index is 12.1. The van der Waals surface area contributed by atoms with E-state index < -0.39 is 5.97 Å². The predicted octanol–water partition coefficient (Wildman–Crippen LogP) is 1.42. The lowest BCUT2D eigenvalue weighted by atomic mass is 10.1. The van der Waals surface area contributed by atoms with Crippen molar-refractivity contribution in [1.82, 2.24) is 20.3 Å². The van der Waals surface area contributed by atoms with E-state index >= 15 is 0 Å². The Labute approximate surface area is 128 Å². The van der Waals surface area contributed by atoms with E-state index in [1.165, 1.54) is 4.68 Å². The van der Waals surface area contributed by atoms with Crippen LogP contribution in [0.5, 0.6) is 0 Å². The summed E-state index contributed by atoms with van der Waals surface area (Å²) in [5.41, 5.74) is 1.33. The molecule has 2 aromatic rings. The van der Waals surface area contributed by atoms with Crippen LogP contribution in [0.3, 0.4) is 0 Å². The number of aromatic carboxylic acids is 1. The third kappa shape index (κ3) is 3.49. The monoisotopic (exact) mass is 302 g/mol. The first-order valence-corrected chi connectivity index (χ1v) is 7.02. The van der Waals surface area contributed by atoms with E-state index in [1.54, 1.807) is 6.92 Å². The third-order valence-corrected chi connectivity index (χ3v) is 3.35. The molecule has 0 saturated carbocycles. The lowest BCUT2D eigenvalue weighted by molar-refractivity contribution is -0.122. The SMILES string of the molecule is CCc1c(C(=O)O)nnn1CC(=O)NC(C)c1ccccc1. The van der Waals surface area contributed by atoms with Gasteiger partial charge in [0.1, 0.15) is 6.54 Å². The van der Waals surface area contributed by atoms with Gasteiger partial charge in [0.15, 0.2) is 5.69 Å². The highest BCUT2D eigenvalue weighted by atomic mass is 16.4. The van der Waals surface area contributed by atoms with Crippen molar-refractivity contribution in [3.8, 4) is 0 Å². The Bertz CT molecular complexity index is 667. The summed E-state index contributed by atoms with van der Waals surface area (Å²) in [4.78, 5) is 23.1. The van der Waals surface area contributed by atoms with Crippen LogP contribution in [0.4, 0.5) is 0 Å². The van der Waals surface area contributed by atoms with Gasteiger partial charge in [-0.05, 0) is 18.9 Å². The number of hydrogen-bond donors (Lipinski definition) is 2. The van der Waals surface area contributed by atoms with Crippen molar-refractivity contribution in [3.63, 3.8) is 0 Å². The van der Waals surface area contributed by atoms with E-state index in [0.29, 0.717) is 12.1 Å². The van der Waals surface area contributed by atoms with E-state index in [-0.39, 0.29) is 24.2 Å². The quantitative estimate of drug-likeness (QED) is 0.841. The molecule has 7 nitrogen and oxygen atoms in total. The van der Waals surface area contributed by atoms with E-state index in [0.717, 1.165) is 5.56 Å². The minimum absolute atomic E-state index is 0.0549. The summed E-state index contributed by atoms with van der Waals surface area (Å²) in [5, 5.41) is 19.2. The number of nitrogens with zero attached hydrogens (tertiary/aromatic N) is 3. The van der Waals surface area contributed by atoms with Gasteiger partial charge in [-0.25, -0.2) is 9.48 Å². The first-order chi connectivity index (χ1) is 10.5. The van der Waals surface area contributed by atoms with Crippen LogP contribution in [-0.4, -0.2) is 32.0 Å². The molecular formula is C15H18N4O3. The van der Waals surface area contributed by atoms with Gasteiger partial charge in [-0.15, -0.1) is 5.10 Å². The number of aromatic nitrogens is 3. The van der Waals surface area contributed by atoms with Crippen molar-refractivity contribution < 1.29 is 14.7 Å². The molecule has 0 radical (unpaired) electrons. The number of carbonyl (C=O) groups is 2. The molecule has 0 aliphatic rings. The van der Waals surface area contributed by atoms with Gasteiger partial charge in [0.2, 0.25) is 5.91 Å². The molecule has 1 unspecified atom stereocenters. The summed E-state index contributed by atoms with van der Waals surface area (Å²) >= 11 is 0. The van der Waals surface area contributed by atoms with Crippen LogP contribution in [0.15, 0.2) is 30.3 Å². The van der Waals surface area contributed by atoms with Crippen molar-refractivity contribution in [2.45, 2.75) is 32.9 Å². The van der Waals surface area contributed by atoms with Crippen molar-refractivity contribution >= 4 is 11.9 Å². The second-order valence-electron chi connectivity index (χ2n) is 4.90. The molecule has 2 rings (SSSR count). The normalized spacial score (nSPS) is 11.9. The highest BCUT2D eigenvalue weighted by molar-refractivity contribution is 5.86. The fraction of sp³-hybridized carbons (Fsp3) is 0.333. The van der Waals surface area contributed by atoms with Crippen molar-refractivity contribution in [3.05, 3.63) is 47.3 Å². The number of rotatable bonds is 6. The van der Waals surface area contributed by atoms with Crippen LogP contribution < -0.4 is 5.32 Å². The Morgan fingerprint density at radius 1 is 1.32 bits per heavy atom. The Morgan fingerprint density at radius 3 is 2.59 bits per heavy atom.